The van der Waals surface area contributed by atoms with Gasteiger partial charge in [-0.05, 0) is 50.1 Å². The lowest BCUT2D eigenvalue weighted by Crippen LogP contribution is -2.45. The normalized spacial score (nSPS) is 25.2. The first-order valence-electron chi connectivity index (χ1n) is 9.79. The van der Waals surface area contributed by atoms with Gasteiger partial charge in [0.05, 0.1) is 6.04 Å². The van der Waals surface area contributed by atoms with Crippen LogP contribution in [0.2, 0.25) is 0 Å². The fraction of sp³-hybridized carbons (Fsp3) is 0.667. The van der Waals surface area contributed by atoms with Gasteiger partial charge in [-0.3, -0.25) is 4.79 Å². The number of nitrogens with two attached hydrogens (primary N) is 1. The lowest BCUT2D eigenvalue weighted by Gasteiger charge is -2.37. The molecule has 0 bridgehead atoms. The van der Waals surface area contributed by atoms with Crippen molar-refractivity contribution in [2.75, 3.05) is 13.2 Å². The Morgan fingerprint density at radius 2 is 1.88 bits per heavy atom. The monoisotopic (exact) mass is 380 g/mol. The third-order valence-corrected chi connectivity index (χ3v) is 5.96. The Morgan fingerprint density at radius 1 is 1.19 bits per heavy atom. The second-order valence-electron chi connectivity index (χ2n) is 7.96. The summed E-state index contributed by atoms with van der Waals surface area (Å²) in [5.74, 6) is 0.139. The van der Waals surface area contributed by atoms with Gasteiger partial charge in [-0.25, -0.2) is 0 Å². The Labute approximate surface area is 163 Å². The Kier molecular flexibility index (Phi) is 7.93. The van der Waals surface area contributed by atoms with E-state index in [9.17, 15) is 4.79 Å². The van der Waals surface area contributed by atoms with Crippen LogP contribution in [0, 0.1) is 12.3 Å². The molecular formula is C21H33ClN2O2. The number of rotatable bonds is 5. The van der Waals surface area contributed by atoms with Crippen molar-refractivity contribution >= 4 is 18.3 Å². The van der Waals surface area contributed by atoms with E-state index in [1.54, 1.807) is 0 Å². The van der Waals surface area contributed by atoms with Crippen molar-refractivity contribution in [2.24, 2.45) is 11.1 Å². The summed E-state index contributed by atoms with van der Waals surface area (Å²) in [6, 6.07) is 8.51. The van der Waals surface area contributed by atoms with Crippen LogP contribution < -0.4 is 11.1 Å². The van der Waals surface area contributed by atoms with Gasteiger partial charge < -0.3 is 15.8 Å². The highest BCUT2D eigenvalue weighted by Crippen LogP contribution is 2.38. The van der Waals surface area contributed by atoms with Crippen molar-refractivity contribution in [3.05, 3.63) is 35.4 Å². The molecule has 1 saturated heterocycles. The van der Waals surface area contributed by atoms with Gasteiger partial charge in [-0.15, -0.1) is 12.4 Å². The Bertz CT molecular complexity index is 570. The second-order valence-corrected chi connectivity index (χ2v) is 7.96. The van der Waals surface area contributed by atoms with Gasteiger partial charge in [-0.2, -0.15) is 0 Å². The van der Waals surface area contributed by atoms with Gasteiger partial charge in [0.25, 0.3) is 0 Å². The molecule has 1 saturated carbocycles. The maximum atomic E-state index is 12.8. The zero-order valence-corrected chi connectivity index (χ0v) is 16.7. The molecule has 0 radical (unpaired) electrons. The van der Waals surface area contributed by atoms with Crippen molar-refractivity contribution in [1.82, 2.24) is 5.32 Å². The van der Waals surface area contributed by atoms with Crippen LogP contribution >= 0.6 is 12.4 Å². The van der Waals surface area contributed by atoms with E-state index in [2.05, 4.69) is 36.5 Å². The second kappa shape index (κ2) is 9.72. The number of halogens is 1. The van der Waals surface area contributed by atoms with E-state index in [1.165, 1.54) is 24.8 Å². The van der Waals surface area contributed by atoms with E-state index >= 15 is 0 Å². The molecule has 1 aliphatic heterocycles. The highest BCUT2D eigenvalue weighted by Gasteiger charge is 2.35. The largest absolute Gasteiger partial charge is 0.371 e. The quantitative estimate of drug-likeness (QED) is 0.809. The van der Waals surface area contributed by atoms with Crippen LogP contribution in [0.4, 0.5) is 0 Å². The van der Waals surface area contributed by atoms with Crippen LogP contribution in [-0.4, -0.2) is 25.1 Å². The molecule has 5 heteroatoms. The van der Waals surface area contributed by atoms with E-state index in [0.29, 0.717) is 13.0 Å². The Hall–Kier alpha value is -1.10. The number of hydrogen-bond donors (Lipinski definition) is 2. The summed E-state index contributed by atoms with van der Waals surface area (Å²) in [6.45, 7) is 3.46. The molecule has 2 atom stereocenters. The number of benzene rings is 1. The molecule has 1 amide bonds. The average Bonchev–Trinajstić information content (AvgIpc) is 2.64. The third kappa shape index (κ3) is 5.21. The first-order chi connectivity index (χ1) is 12.1. The van der Waals surface area contributed by atoms with Crippen molar-refractivity contribution in [3.63, 3.8) is 0 Å². The smallest absolute Gasteiger partial charge is 0.220 e. The molecule has 3 rings (SSSR count). The molecule has 1 aromatic carbocycles. The molecule has 2 aliphatic rings. The first-order valence-corrected chi connectivity index (χ1v) is 9.79. The molecule has 2 unspecified atom stereocenters. The minimum absolute atomic E-state index is 0. The Balaban J connectivity index is 0.00000243. The number of amides is 1. The molecule has 0 aromatic heterocycles. The summed E-state index contributed by atoms with van der Waals surface area (Å²) in [4.78, 5) is 12.8. The van der Waals surface area contributed by atoms with Gasteiger partial charge in [0.1, 0.15) is 6.10 Å². The summed E-state index contributed by atoms with van der Waals surface area (Å²) in [5.41, 5.74) is 8.45. The summed E-state index contributed by atoms with van der Waals surface area (Å²) >= 11 is 0. The van der Waals surface area contributed by atoms with Crippen molar-refractivity contribution in [1.29, 1.82) is 0 Å². The predicted molar refractivity (Wildman–Crippen MR) is 107 cm³/mol. The number of carbonyl (C=O) groups is 1. The molecule has 4 nitrogen and oxygen atoms in total. The van der Waals surface area contributed by atoms with Crippen LogP contribution in [-0.2, 0) is 9.53 Å². The van der Waals surface area contributed by atoms with Gasteiger partial charge in [-0.1, -0.05) is 49.1 Å². The average molecular weight is 381 g/mol. The van der Waals surface area contributed by atoms with Crippen LogP contribution in [0.1, 0.15) is 68.6 Å². The van der Waals surface area contributed by atoms with E-state index in [1.807, 2.05) is 0 Å². The van der Waals surface area contributed by atoms with Crippen molar-refractivity contribution in [2.45, 2.75) is 70.4 Å². The van der Waals surface area contributed by atoms with E-state index in [0.717, 1.165) is 37.9 Å². The molecular weight excluding hydrogens is 348 g/mol. The first kappa shape index (κ1) is 21.2. The lowest BCUT2D eigenvalue weighted by atomic mass is 9.71. The minimum atomic E-state index is -0.0431. The molecule has 1 aromatic rings. The van der Waals surface area contributed by atoms with Crippen LogP contribution in [0.3, 0.4) is 0 Å². The third-order valence-electron chi connectivity index (χ3n) is 5.96. The van der Waals surface area contributed by atoms with E-state index < -0.39 is 0 Å². The molecule has 2 fully saturated rings. The number of carbonyl (C=O) groups excluding carboxylic acids is 1. The minimum Gasteiger partial charge on any atom is -0.371 e. The fourth-order valence-electron chi connectivity index (χ4n) is 4.37. The van der Waals surface area contributed by atoms with Crippen LogP contribution in [0.25, 0.3) is 0 Å². The maximum absolute atomic E-state index is 12.8. The van der Waals surface area contributed by atoms with Crippen LogP contribution in [0.5, 0.6) is 0 Å². The molecule has 3 N–H and O–H groups in total. The topological polar surface area (TPSA) is 64.3 Å². The van der Waals surface area contributed by atoms with Gasteiger partial charge in [0.15, 0.2) is 0 Å². The number of hydrogen-bond acceptors (Lipinski definition) is 3. The van der Waals surface area contributed by atoms with Gasteiger partial charge in [0, 0.05) is 13.0 Å². The molecule has 146 valence electrons. The SMILES string of the molecule is Cc1ccc(C2OCCCC2NC(=O)CC2(CN)CCCCC2)cc1.Cl. The fourth-order valence-corrected chi connectivity index (χ4v) is 4.37. The molecule has 1 aliphatic carbocycles. The highest BCUT2D eigenvalue weighted by molar-refractivity contribution is 5.85. The van der Waals surface area contributed by atoms with Gasteiger partial charge in [0.2, 0.25) is 5.91 Å². The zero-order valence-electron chi connectivity index (χ0n) is 15.8. The lowest BCUT2D eigenvalue weighted by molar-refractivity contribution is -0.127. The number of aryl methyl sites for hydroxylation is 1. The number of ether oxygens (including phenoxy) is 1. The predicted octanol–water partition coefficient (Wildman–Crippen LogP) is 4.05. The summed E-state index contributed by atoms with van der Waals surface area (Å²) in [7, 11) is 0. The Morgan fingerprint density at radius 3 is 2.54 bits per heavy atom. The molecule has 26 heavy (non-hydrogen) atoms. The van der Waals surface area contributed by atoms with Crippen molar-refractivity contribution < 1.29 is 9.53 Å². The highest BCUT2D eigenvalue weighted by atomic mass is 35.5. The van der Waals surface area contributed by atoms with E-state index in [-0.39, 0.29) is 35.9 Å². The van der Waals surface area contributed by atoms with Gasteiger partial charge >= 0.3 is 0 Å². The maximum Gasteiger partial charge on any atom is 0.220 e. The number of nitrogens with one attached hydrogen (secondary N) is 1. The van der Waals surface area contributed by atoms with Crippen molar-refractivity contribution in [3.8, 4) is 0 Å². The molecule has 0 spiro atoms. The summed E-state index contributed by atoms with van der Waals surface area (Å²) in [5, 5.41) is 3.27. The standard InChI is InChI=1S/C21H32N2O2.ClH/c1-16-7-9-17(10-8-16)20-18(6-5-13-25-20)23-19(24)14-21(15-22)11-3-2-4-12-21;/h7-10,18,20H,2-6,11-15,22H2,1H3,(H,23,24);1H. The summed E-state index contributed by atoms with van der Waals surface area (Å²) in [6.07, 6.45) is 8.31. The molecule has 1 heterocycles. The summed E-state index contributed by atoms with van der Waals surface area (Å²) < 4.78 is 6.02. The zero-order chi connectivity index (χ0) is 17.7. The van der Waals surface area contributed by atoms with E-state index in [4.69, 9.17) is 10.5 Å². The van der Waals surface area contributed by atoms with Crippen LogP contribution in [0.15, 0.2) is 24.3 Å².